The Morgan fingerprint density at radius 2 is 1.79 bits per heavy atom. The van der Waals surface area contributed by atoms with E-state index < -0.39 is 48.7 Å². The van der Waals surface area contributed by atoms with Crippen LogP contribution in [-0.4, -0.2) is 56.4 Å². The molecule has 2 aromatic heterocycles. The van der Waals surface area contributed by atoms with Gasteiger partial charge in [-0.2, -0.15) is 13.2 Å². The summed E-state index contributed by atoms with van der Waals surface area (Å²) in [6.45, 7) is 1.53. The van der Waals surface area contributed by atoms with E-state index in [1.165, 1.54) is 19.3 Å². The lowest BCUT2D eigenvalue weighted by atomic mass is 10.0. The third kappa shape index (κ3) is 9.84. The number of aliphatic hydroxyl groups is 2. The monoisotopic (exact) mass is 604 g/mol. The van der Waals surface area contributed by atoms with Gasteiger partial charge in [-0.05, 0) is 44.7 Å². The zero-order valence-corrected chi connectivity index (χ0v) is 23.2. The molecule has 0 saturated heterocycles. The standard InChI is InChI=1S/C25H28ClF3N4O4S2/c1-14(34)4-9-18(33-22(37)19-13-31-23(39-19)15-5-7-16(26)8-6-15)21(36)32-17(3-2-10-25(27,28)29)20(35)24-30-11-12-38-24/h5-8,11-14,17-18,20,34-35H,2-4,9-10H2,1H3,(H,32,36)(H,33,37)/t14?,17-,18-,20?/m0/s1. The lowest BCUT2D eigenvalue weighted by Gasteiger charge is -2.26. The van der Waals surface area contributed by atoms with Crippen LogP contribution in [0, 0.1) is 0 Å². The molecule has 0 radical (unpaired) electrons. The summed E-state index contributed by atoms with van der Waals surface area (Å²) in [5, 5.41) is 28.7. The van der Waals surface area contributed by atoms with Gasteiger partial charge in [-0.3, -0.25) is 9.59 Å². The van der Waals surface area contributed by atoms with E-state index in [-0.39, 0.29) is 35.6 Å². The fraction of sp³-hybridized carbons (Fsp3) is 0.440. The predicted molar refractivity (Wildman–Crippen MR) is 144 cm³/mol. The van der Waals surface area contributed by atoms with Crippen molar-refractivity contribution in [3.8, 4) is 10.6 Å². The normalized spacial score (nSPS) is 14.8. The number of aliphatic hydroxyl groups excluding tert-OH is 2. The molecule has 0 spiro atoms. The largest absolute Gasteiger partial charge is 0.393 e. The maximum absolute atomic E-state index is 13.2. The number of carbonyl (C=O) groups is 2. The molecule has 14 heteroatoms. The lowest BCUT2D eigenvalue weighted by Crippen LogP contribution is -2.51. The zero-order chi connectivity index (χ0) is 28.6. The molecule has 1 aromatic carbocycles. The van der Waals surface area contributed by atoms with E-state index in [9.17, 15) is 33.0 Å². The fourth-order valence-electron chi connectivity index (χ4n) is 3.68. The molecule has 0 aliphatic carbocycles. The molecule has 0 saturated carbocycles. The Labute approximate surface area is 236 Å². The number of amides is 2. The van der Waals surface area contributed by atoms with Crippen LogP contribution >= 0.6 is 34.3 Å². The molecule has 212 valence electrons. The number of aromatic nitrogens is 2. The summed E-state index contributed by atoms with van der Waals surface area (Å²) in [6.07, 6.45) is -5.00. The maximum Gasteiger partial charge on any atom is 0.389 e. The molecule has 4 atom stereocenters. The summed E-state index contributed by atoms with van der Waals surface area (Å²) in [6, 6.07) is 4.71. The molecule has 0 aliphatic heterocycles. The Bertz CT molecular complexity index is 1210. The summed E-state index contributed by atoms with van der Waals surface area (Å²) in [7, 11) is 0. The number of benzene rings is 1. The van der Waals surface area contributed by atoms with Crippen LogP contribution in [0.3, 0.4) is 0 Å². The van der Waals surface area contributed by atoms with Gasteiger partial charge in [0.1, 0.15) is 27.0 Å². The highest BCUT2D eigenvalue weighted by Gasteiger charge is 2.32. The minimum Gasteiger partial charge on any atom is -0.393 e. The SMILES string of the molecule is CC(O)CC[C@H](NC(=O)c1cnc(-c2ccc(Cl)cc2)s1)C(=O)N[C@@H](CCCC(F)(F)F)C(O)c1nccs1. The molecular weight excluding hydrogens is 577 g/mol. The van der Waals surface area contributed by atoms with Crippen molar-refractivity contribution < 1.29 is 33.0 Å². The smallest absolute Gasteiger partial charge is 0.389 e. The molecule has 0 bridgehead atoms. The number of thiazole rings is 2. The average molecular weight is 605 g/mol. The van der Waals surface area contributed by atoms with Gasteiger partial charge < -0.3 is 20.8 Å². The Balaban J connectivity index is 1.73. The molecule has 2 amide bonds. The van der Waals surface area contributed by atoms with Crippen molar-refractivity contribution in [1.29, 1.82) is 0 Å². The minimum absolute atomic E-state index is 0.0563. The van der Waals surface area contributed by atoms with E-state index in [1.54, 1.807) is 29.6 Å². The topological polar surface area (TPSA) is 124 Å². The highest BCUT2D eigenvalue weighted by atomic mass is 35.5. The van der Waals surface area contributed by atoms with E-state index in [2.05, 4.69) is 20.6 Å². The van der Waals surface area contributed by atoms with Gasteiger partial charge in [0.2, 0.25) is 5.91 Å². The quantitative estimate of drug-likeness (QED) is 0.214. The van der Waals surface area contributed by atoms with Crippen LogP contribution < -0.4 is 10.6 Å². The van der Waals surface area contributed by atoms with Crippen LogP contribution in [0.4, 0.5) is 13.2 Å². The van der Waals surface area contributed by atoms with E-state index >= 15 is 0 Å². The van der Waals surface area contributed by atoms with Gasteiger partial charge in [0.25, 0.3) is 5.91 Å². The third-order valence-corrected chi connectivity index (χ3v) is 7.85. The van der Waals surface area contributed by atoms with Crippen molar-refractivity contribution in [3.05, 3.63) is 56.9 Å². The van der Waals surface area contributed by atoms with E-state index in [0.717, 1.165) is 28.2 Å². The second kappa shape index (κ2) is 14.2. The van der Waals surface area contributed by atoms with Gasteiger partial charge in [-0.1, -0.05) is 23.7 Å². The lowest BCUT2D eigenvalue weighted by molar-refractivity contribution is -0.136. The molecule has 0 aliphatic rings. The van der Waals surface area contributed by atoms with Crippen LogP contribution in [0.25, 0.3) is 10.6 Å². The molecule has 39 heavy (non-hydrogen) atoms. The second-order valence-corrected chi connectivity index (χ2v) is 11.3. The van der Waals surface area contributed by atoms with Gasteiger partial charge in [0, 0.05) is 28.6 Å². The Morgan fingerprint density at radius 1 is 1.08 bits per heavy atom. The van der Waals surface area contributed by atoms with E-state index in [4.69, 9.17) is 11.6 Å². The molecule has 4 N–H and O–H groups in total. The van der Waals surface area contributed by atoms with Gasteiger partial charge in [-0.15, -0.1) is 22.7 Å². The van der Waals surface area contributed by atoms with Crippen molar-refractivity contribution in [2.75, 3.05) is 0 Å². The molecule has 3 rings (SSSR count). The summed E-state index contributed by atoms with van der Waals surface area (Å²) in [5.74, 6) is -1.27. The molecule has 8 nitrogen and oxygen atoms in total. The summed E-state index contributed by atoms with van der Waals surface area (Å²) >= 11 is 8.14. The maximum atomic E-state index is 13.2. The number of halogens is 4. The summed E-state index contributed by atoms with van der Waals surface area (Å²) < 4.78 is 38.2. The first kappa shape index (κ1) is 31.0. The summed E-state index contributed by atoms with van der Waals surface area (Å²) in [5.41, 5.74) is 0.754. The number of carbonyl (C=O) groups excluding carboxylic acids is 2. The highest BCUT2D eigenvalue weighted by Crippen LogP contribution is 2.28. The Kier molecular flexibility index (Phi) is 11.2. The van der Waals surface area contributed by atoms with Crippen LogP contribution in [0.15, 0.2) is 42.0 Å². The first-order valence-corrected chi connectivity index (χ1v) is 14.2. The molecular formula is C25H28ClF3N4O4S2. The molecule has 3 aromatic rings. The minimum atomic E-state index is -4.38. The fourth-order valence-corrected chi connectivity index (χ4v) is 5.32. The molecule has 2 heterocycles. The number of rotatable bonds is 13. The third-order valence-electron chi connectivity index (χ3n) is 5.70. The van der Waals surface area contributed by atoms with Crippen LogP contribution in [0.5, 0.6) is 0 Å². The number of nitrogens with zero attached hydrogens (tertiary/aromatic N) is 2. The average Bonchev–Trinajstić information content (AvgIpc) is 3.58. The van der Waals surface area contributed by atoms with Gasteiger partial charge in [0.05, 0.1) is 18.3 Å². The zero-order valence-electron chi connectivity index (χ0n) is 20.8. The number of hydrogen-bond donors (Lipinski definition) is 4. The Morgan fingerprint density at radius 3 is 2.41 bits per heavy atom. The van der Waals surface area contributed by atoms with Crippen molar-refractivity contribution in [1.82, 2.24) is 20.6 Å². The highest BCUT2D eigenvalue weighted by molar-refractivity contribution is 7.16. The van der Waals surface area contributed by atoms with Crippen LogP contribution in [0.1, 0.15) is 59.8 Å². The van der Waals surface area contributed by atoms with E-state index in [1.807, 2.05) is 0 Å². The molecule has 2 unspecified atom stereocenters. The van der Waals surface area contributed by atoms with Crippen molar-refractivity contribution in [2.24, 2.45) is 0 Å². The van der Waals surface area contributed by atoms with Crippen LogP contribution in [0.2, 0.25) is 5.02 Å². The number of alkyl halides is 3. The first-order chi connectivity index (χ1) is 18.4. The number of nitrogens with one attached hydrogen (secondary N) is 2. The van der Waals surface area contributed by atoms with Crippen molar-refractivity contribution >= 4 is 46.1 Å². The van der Waals surface area contributed by atoms with Crippen molar-refractivity contribution in [2.45, 2.75) is 69.5 Å². The molecule has 0 fully saturated rings. The van der Waals surface area contributed by atoms with E-state index in [0.29, 0.717) is 10.0 Å². The van der Waals surface area contributed by atoms with Crippen LogP contribution in [-0.2, 0) is 4.79 Å². The number of hydrogen-bond acceptors (Lipinski definition) is 8. The van der Waals surface area contributed by atoms with Gasteiger partial charge >= 0.3 is 6.18 Å². The van der Waals surface area contributed by atoms with Crippen molar-refractivity contribution in [3.63, 3.8) is 0 Å². The summed E-state index contributed by atoms with van der Waals surface area (Å²) in [4.78, 5) is 34.7. The second-order valence-electron chi connectivity index (χ2n) is 8.93. The first-order valence-electron chi connectivity index (χ1n) is 12.1. The van der Waals surface area contributed by atoms with Gasteiger partial charge in [0.15, 0.2) is 0 Å². The Hall–Kier alpha value is -2.58. The van der Waals surface area contributed by atoms with Gasteiger partial charge in [-0.25, -0.2) is 9.97 Å². The predicted octanol–water partition coefficient (Wildman–Crippen LogP) is 5.13.